The predicted octanol–water partition coefficient (Wildman–Crippen LogP) is 3.19. The largest absolute Gasteiger partial charge is 1.00 e. The zero-order valence-corrected chi connectivity index (χ0v) is 20.2. The maximum Gasteiger partial charge on any atom is -1.00 e. The van der Waals surface area contributed by atoms with Crippen LogP contribution in [-0.2, 0) is 34.2 Å². The maximum absolute atomic E-state index is 2.31. The van der Waals surface area contributed by atoms with Crippen LogP contribution in [0.15, 0.2) is 48.5 Å². The van der Waals surface area contributed by atoms with Crippen LogP contribution in [0.3, 0.4) is 0 Å². The SMILES string of the molecule is CC(C)(C)c1cc[cH-]c1.CC(C)(C)c1cc[cH-]c1.C[Si](C)=[Zr].[Cl-]. The van der Waals surface area contributed by atoms with Crippen molar-refractivity contribution in [3.05, 3.63) is 59.7 Å². The third-order valence-corrected chi connectivity index (χ3v) is 3.06. The van der Waals surface area contributed by atoms with Crippen molar-refractivity contribution in [2.24, 2.45) is 0 Å². The first-order valence-corrected chi connectivity index (χ1v) is 14.1. The topological polar surface area (TPSA) is 0 Å². The van der Waals surface area contributed by atoms with Gasteiger partial charge in [0.2, 0.25) is 0 Å². The fourth-order valence-corrected chi connectivity index (χ4v) is 1.75. The second-order valence-electron chi connectivity index (χ2n) is 7.85. The first-order chi connectivity index (χ1) is 9.94. The van der Waals surface area contributed by atoms with E-state index in [1.54, 1.807) is 23.3 Å². The smallest absolute Gasteiger partial charge is 1.00 e. The van der Waals surface area contributed by atoms with Gasteiger partial charge in [-0.05, 0) is 0 Å². The van der Waals surface area contributed by atoms with Crippen molar-refractivity contribution in [3.8, 4) is 0 Å². The zero-order chi connectivity index (χ0) is 17.4. The van der Waals surface area contributed by atoms with Crippen molar-refractivity contribution in [2.75, 3.05) is 0 Å². The summed E-state index contributed by atoms with van der Waals surface area (Å²) in [5.74, 6) is 0. The summed E-state index contributed by atoms with van der Waals surface area (Å²) in [6.07, 6.45) is 0. The Kier molecular flexibility index (Phi) is 12.8. The third-order valence-electron chi connectivity index (χ3n) is 3.06. The molecule has 0 aliphatic rings. The Morgan fingerprint density at radius 1 is 0.783 bits per heavy atom. The Morgan fingerprint density at radius 3 is 1.13 bits per heavy atom. The quantitative estimate of drug-likeness (QED) is 0.448. The van der Waals surface area contributed by atoms with Crippen molar-refractivity contribution < 1.29 is 35.7 Å². The van der Waals surface area contributed by atoms with E-state index >= 15 is 0 Å². The van der Waals surface area contributed by atoms with Crippen molar-refractivity contribution in [1.82, 2.24) is 0 Å². The van der Waals surface area contributed by atoms with Gasteiger partial charge in [0.15, 0.2) is 0 Å². The second kappa shape index (κ2) is 11.6. The summed E-state index contributed by atoms with van der Waals surface area (Å²) in [5, 5.41) is 0. The van der Waals surface area contributed by atoms with Crippen LogP contribution >= 0.6 is 0 Å². The molecule has 0 radical (unpaired) electrons. The van der Waals surface area contributed by atoms with E-state index in [2.05, 4.69) is 103 Å². The number of hydrogen-bond donors (Lipinski definition) is 0. The van der Waals surface area contributed by atoms with Crippen LogP contribution in [-0.4, -0.2) is 5.43 Å². The fourth-order valence-electron chi connectivity index (χ4n) is 1.75. The molecule has 0 aliphatic heterocycles. The molecule has 0 saturated carbocycles. The average molecular weight is 427 g/mol. The summed E-state index contributed by atoms with van der Waals surface area (Å²) in [7, 11) is 0. The molecule has 23 heavy (non-hydrogen) atoms. The number of hydrogen-bond acceptors (Lipinski definition) is 0. The molecule has 3 heteroatoms. The molecule has 0 unspecified atom stereocenters. The minimum Gasteiger partial charge on any atom is -1.00 e. The van der Waals surface area contributed by atoms with Crippen LogP contribution in [0.2, 0.25) is 13.1 Å². The molecule has 2 aromatic carbocycles. The van der Waals surface area contributed by atoms with Gasteiger partial charge in [0.1, 0.15) is 0 Å². The van der Waals surface area contributed by atoms with Gasteiger partial charge in [0, 0.05) is 0 Å². The fraction of sp³-hybridized carbons (Fsp3) is 0.500. The number of halogens is 1. The van der Waals surface area contributed by atoms with Crippen LogP contribution in [0.1, 0.15) is 52.7 Å². The van der Waals surface area contributed by atoms with Gasteiger partial charge in [0.25, 0.3) is 0 Å². The molecule has 0 amide bonds. The van der Waals surface area contributed by atoms with E-state index < -0.39 is 0 Å². The van der Waals surface area contributed by atoms with Gasteiger partial charge < -0.3 is 12.4 Å². The van der Waals surface area contributed by atoms with Crippen molar-refractivity contribution in [1.29, 1.82) is 0 Å². The summed E-state index contributed by atoms with van der Waals surface area (Å²) in [4.78, 5) is 0. The first-order valence-electron chi connectivity index (χ1n) is 7.90. The van der Waals surface area contributed by atoms with E-state index in [0.29, 0.717) is 10.8 Å². The molecular weight excluding hydrogens is 395 g/mol. The molecular formula is C20H32ClSiZr-3. The van der Waals surface area contributed by atoms with Crippen LogP contribution < -0.4 is 12.4 Å². The molecule has 0 aliphatic carbocycles. The van der Waals surface area contributed by atoms with Gasteiger partial charge in [-0.1, -0.05) is 52.4 Å². The molecule has 0 nitrogen and oxygen atoms in total. The van der Waals surface area contributed by atoms with Crippen LogP contribution in [0.25, 0.3) is 0 Å². The zero-order valence-electron chi connectivity index (χ0n) is 16.0. The minimum atomic E-state index is 0. The Labute approximate surface area is 165 Å². The van der Waals surface area contributed by atoms with E-state index in [4.69, 9.17) is 0 Å². The third kappa shape index (κ3) is 13.1. The van der Waals surface area contributed by atoms with E-state index in [1.807, 2.05) is 0 Å². The normalized spacial score (nSPS) is 10.4. The minimum absolute atomic E-state index is 0. The number of rotatable bonds is 0. The Morgan fingerprint density at radius 2 is 1.04 bits per heavy atom. The molecule has 0 atom stereocenters. The van der Waals surface area contributed by atoms with E-state index in [0.717, 1.165) is 0 Å². The van der Waals surface area contributed by atoms with Gasteiger partial charge in [-0.2, -0.15) is 47.5 Å². The van der Waals surface area contributed by atoms with Crippen molar-refractivity contribution >= 4 is 5.43 Å². The summed E-state index contributed by atoms with van der Waals surface area (Å²) in [5.41, 5.74) is 3.69. The van der Waals surface area contributed by atoms with Gasteiger partial charge >= 0.3 is 41.9 Å². The van der Waals surface area contributed by atoms with Gasteiger partial charge in [-0.25, -0.2) is 12.1 Å². The molecule has 0 heterocycles. The van der Waals surface area contributed by atoms with Gasteiger partial charge in [-0.15, -0.1) is 0 Å². The molecule has 0 bridgehead atoms. The average Bonchev–Trinajstić information content (AvgIpc) is 3.02. The summed E-state index contributed by atoms with van der Waals surface area (Å²) < 4.78 is 0. The molecule has 0 saturated heterocycles. The second-order valence-corrected chi connectivity index (χ2v) is 17.2. The molecule has 0 N–H and O–H groups in total. The van der Waals surface area contributed by atoms with E-state index in [-0.39, 0.29) is 17.8 Å². The van der Waals surface area contributed by atoms with Crippen LogP contribution in [0.4, 0.5) is 0 Å². The standard InChI is InChI=1S/2C9H13.C2H6Si.ClH.Zr/c2*1-9(2,3)8-6-4-5-7-8;1-3-2;;/h2*4-7H,1-3H3;1-2H3;1H;/q2*-1;;;/p-1. The summed E-state index contributed by atoms with van der Waals surface area (Å²) in [6, 6.07) is 17.0. The Balaban J connectivity index is 0. The molecule has 2 aromatic rings. The molecule has 0 aromatic heterocycles. The van der Waals surface area contributed by atoms with E-state index in [1.165, 1.54) is 11.1 Å². The molecule has 2 rings (SSSR count). The molecule has 0 spiro atoms. The molecule has 0 fully saturated rings. The predicted molar refractivity (Wildman–Crippen MR) is 99.0 cm³/mol. The van der Waals surface area contributed by atoms with Crippen molar-refractivity contribution in [2.45, 2.75) is 65.5 Å². The summed E-state index contributed by atoms with van der Waals surface area (Å²) >= 11 is 1.74. The van der Waals surface area contributed by atoms with Crippen molar-refractivity contribution in [3.63, 3.8) is 0 Å². The Bertz CT molecular complexity index is 463. The Hall–Kier alpha value is 0.0900. The first kappa shape index (κ1) is 25.3. The maximum atomic E-state index is 2.31. The van der Waals surface area contributed by atoms with E-state index in [9.17, 15) is 0 Å². The molecule has 130 valence electrons. The van der Waals surface area contributed by atoms with Gasteiger partial charge in [-0.3, -0.25) is 0 Å². The van der Waals surface area contributed by atoms with Crippen LogP contribution in [0.5, 0.6) is 0 Å². The van der Waals surface area contributed by atoms with Gasteiger partial charge in [0.05, 0.1) is 0 Å². The van der Waals surface area contributed by atoms with Crippen LogP contribution in [0, 0.1) is 0 Å². The summed E-state index contributed by atoms with van der Waals surface area (Å²) in [6.45, 7) is 18.0. The monoisotopic (exact) mass is 425 g/mol.